The largest absolute Gasteiger partial charge is 0.356 e. The first kappa shape index (κ1) is 21.4. The van der Waals surface area contributed by atoms with Crippen LogP contribution in [0.25, 0.3) is 0 Å². The molecule has 1 aromatic heterocycles. The van der Waals surface area contributed by atoms with Gasteiger partial charge in [0.25, 0.3) is 0 Å². The summed E-state index contributed by atoms with van der Waals surface area (Å²) in [5.74, 6) is 1.97. The zero-order chi connectivity index (χ0) is 16.9. The number of aryl methyl sites for hydroxylation is 1. The van der Waals surface area contributed by atoms with Crippen LogP contribution >= 0.6 is 35.5 Å². The minimum Gasteiger partial charge on any atom is -0.356 e. The van der Waals surface area contributed by atoms with Crippen LogP contribution < -0.4 is 10.2 Å². The molecule has 0 atom stereocenters. The molecule has 138 valence electrons. The van der Waals surface area contributed by atoms with Gasteiger partial charge in [-0.15, -0.1) is 24.0 Å². The Hall–Kier alpha value is -0.640. The van der Waals surface area contributed by atoms with Gasteiger partial charge in [-0.1, -0.05) is 27.7 Å². The highest BCUT2D eigenvalue weighted by atomic mass is 127. The minimum absolute atomic E-state index is 0. The zero-order valence-electron chi connectivity index (χ0n) is 15.5. The number of rotatable bonds is 4. The van der Waals surface area contributed by atoms with E-state index in [2.05, 4.69) is 57.2 Å². The van der Waals surface area contributed by atoms with Gasteiger partial charge in [0.15, 0.2) is 5.96 Å². The normalized spacial score (nSPS) is 16.1. The number of guanidine groups is 1. The van der Waals surface area contributed by atoms with Crippen LogP contribution in [0.4, 0.5) is 5.13 Å². The summed E-state index contributed by atoms with van der Waals surface area (Å²) in [7, 11) is 1.87. The van der Waals surface area contributed by atoms with Crippen LogP contribution in [0.5, 0.6) is 0 Å². The lowest BCUT2D eigenvalue weighted by molar-refractivity contribution is 0.353. The molecule has 1 N–H and O–H groups in total. The third-order valence-electron chi connectivity index (χ3n) is 3.99. The maximum atomic E-state index is 4.59. The average molecular weight is 466 g/mol. The van der Waals surface area contributed by atoms with Crippen molar-refractivity contribution in [3.63, 3.8) is 0 Å². The van der Waals surface area contributed by atoms with E-state index in [9.17, 15) is 0 Å². The van der Waals surface area contributed by atoms with Crippen molar-refractivity contribution in [2.45, 2.75) is 40.5 Å². The molecule has 0 unspecified atom stereocenters. The van der Waals surface area contributed by atoms with Crippen molar-refractivity contribution in [3.8, 4) is 0 Å². The molecule has 0 radical (unpaired) electrons. The Bertz CT molecular complexity index is 517. The van der Waals surface area contributed by atoms with Gasteiger partial charge in [-0.25, -0.2) is 4.98 Å². The third-order valence-corrected chi connectivity index (χ3v) is 4.81. The van der Waals surface area contributed by atoms with E-state index >= 15 is 0 Å². The highest BCUT2D eigenvalue weighted by Gasteiger charge is 2.22. The summed E-state index contributed by atoms with van der Waals surface area (Å²) in [6.45, 7) is 13.7. The van der Waals surface area contributed by atoms with E-state index in [0.29, 0.717) is 5.41 Å². The first-order valence-corrected chi connectivity index (χ1v) is 9.23. The van der Waals surface area contributed by atoms with Crippen molar-refractivity contribution in [2.24, 2.45) is 10.4 Å². The lowest BCUT2D eigenvalue weighted by Gasteiger charge is -2.36. The van der Waals surface area contributed by atoms with Crippen molar-refractivity contribution in [1.82, 2.24) is 19.6 Å². The lowest BCUT2D eigenvalue weighted by atomic mass is 9.92. The highest BCUT2D eigenvalue weighted by Crippen LogP contribution is 2.19. The Morgan fingerprint density at radius 2 is 1.92 bits per heavy atom. The molecular weight excluding hydrogens is 435 g/mol. The van der Waals surface area contributed by atoms with Crippen LogP contribution in [-0.4, -0.2) is 60.0 Å². The molecule has 1 aliphatic rings. The van der Waals surface area contributed by atoms with E-state index in [1.54, 1.807) is 0 Å². The maximum Gasteiger partial charge on any atom is 0.205 e. The number of aromatic nitrogens is 2. The fraction of sp³-hybridized carbons (Fsp3) is 0.812. The summed E-state index contributed by atoms with van der Waals surface area (Å²) in [5, 5.41) is 4.55. The number of aliphatic imine (C=N–C) groups is 1. The van der Waals surface area contributed by atoms with Crippen LogP contribution in [0.2, 0.25) is 0 Å². The van der Waals surface area contributed by atoms with E-state index in [1.807, 2.05) is 7.05 Å². The maximum absolute atomic E-state index is 4.59. The van der Waals surface area contributed by atoms with Gasteiger partial charge in [0.2, 0.25) is 5.13 Å². The third kappa shape index (κ3) is 6.34. The molecule has 2 heterocycles. The zero-order valence-corrected chi connectivity index (χ0v) is 18.6. The molecule has 0 spiro atoms. The number of nitrogens with one attached hydrogen (secondary N) is 1. The smallest absolute Gasteiger partial charge is 0.205 e. The Kier molecular flexibility index (Phi) is 8.69. The number of hydrogen-bond acceptors (Lipinski definition) is 5. The fourth-order valence-corrected chi connectivity index (χ4v) is 3.31. The minimum atomic E-state index is 0. The molecule has 0 aliphatic carbocycles. The molecule has 1 fully saturated rings. The molecule has 0 amide bonds. The van der Waals surface area contributed by atoms with Gasteiger partial charge in [0.05, 0.1) is 0 Å². The van der Waals surface area contributed by atoms with Gasteiger partial charge in [0, 0.05) is 57.7 Å². The second-order valence-corrected chi connectivity index (χ2v) is 7.84. The first-order chi connectivity index (χ1) is 10.9. The number of nitrogens with zero attached hydrogens (tertiary/aromatic N) is 5. The summed E-state index contributed by atoms with van der Waals surface area (Å²) in [4.78, 5) is 13.7. The first-order valence-electron chi connectivity index (χ1n) is 8.46. The fourth-order valence-electron chi connectivity index (χ4n) is 2.51. The van der Waals surface area contributed by atoms with Crippen LogP contribution in [-0.2, 0) is 6.42 Å². The second kappa shape index (κ2) is 9.74. The lowest BCUT2D eigenvalue weighted by Crippen LogP contribution is -2.52. The molecule has 0 bridgehead atoms. The van der Waals surface area contributed by atoms with Crippen molar-refractivity contribution >= 4 is 46.6 Å². The van der Waals surface area contributed by atoms with E-state index in [0.717, 1.165) is 62.5 Å². The van der Waals surface area contributed by atoms with E-state index in [4.69, 9.17) is 0 Å². The van der Waals surface area contributed by atoms with Crippen molar-refractivity contribution in [1.29, 1.82) is 0 Å². The Morgan fingerprint density at radius 3 is 2.42 bits per heavy atom. The monoisotopic (exact) mass is 466 g/mol. The number of piperazine rings is 1. The molecular formula is C16H31IN6S. The molecule has 1 aromatic rings. The highest BCUT2D eigenvalue weighted by molar-refractivity contribution is 14.0. The SMILES string of the molecule is CCc1nsc(N2CCN(C(=NC)NCCC(C)(C)C)CC2)n1.I. The second-order valence-electron chi connectivity index (χ2n) is 7.11. The van der Waals surface area contributed by atoms with Crippen LogP contribution in [0, 0.1) is 5.41 Å². The summed E-state index contributed by atoms with van der Waals surface area (Å²) in [5.41, 5.74) is 0.347. The number of anilines is 1. The predicted molar refractivity (Wildman–Crippen MR) is 114 cm³/mol. The van der Waals surface area contributed by atoms with Gasteiger partial charge in [-0.2, -0.15) is 4.37 Å². The van der Waals surface area contributed by atoms with Gasteiger partial charge in [0.1, 0.15) is 5.82 Å². The van der Waals surface area contributed by atoms with Crippen molar-refractivity contribution < 1.29 is 0 Å². The molecule has 24 heavy (non-hydrogen) atoms. The molecule has 0 saturated carbocycles. The van der Waals surface area contributed by atoms with E-state index in [1.165, 1.54) is 11.5 Å². The number of hydrogen-bond donors (Lipinski definition) is 1. The van der Waals surface area contributed by atoms with Crippen molar-refractivity contribution in [3.05, 3.63) is 5.82 Å². The molecule has 1 saturated heterocycles. The Morgan fingerprint density at radius 1 is 1.25 bits per heavy atom. The topological polar surface area (TPSA) is 56.7 Å². The molecule has 6 nitrogen and oxygen atoms in total. The van der Waals surface area contributed by atoms with Crippen molar-refractivity contribution in [2.75, 3.05) is 44.7 Å². The molecule has 0 aromatic carbocycles. The van der Waals surface area contributed by atoms with E-state index in [-0.39, 0.29) is 24.0 Å². The summed E-state index contributed by atoms with van der Waals surface area (Å²) in [6, 6.07) is 0. The Labute approximate surface area is 167 Å². The van der Waals surface area contributed by atoms with Gasteiger partial charge >= 0.3 is 0 Å². The van der Waals surface area contributed by atoms with Crippen LogP contribution in [0.1, 0.15) is 39.9 Å². The van der Waals surface area contributed by atoms with Crippen LogP contribution in [0.15, 0.2) is 4.99 Å². The standard InChI is InChI=1S/C16H30N6S.HI/c1-6-13-19-15(23-20-13)22-11-9-21(10-12-22)14(17-5)18-8-7-16(2,3)4;/h6-12H2,1-5H3,(H,17,18);1H. The summed E-state index contributed by atoms with van der Waals surface area (Å²) >= 11 is 1.51. The quantitative estimate of drug-likeness (QED) is 0.420. The predicted octanol–water partition coefficient (Wildman–Crippen LogP) is 2.85. The molecule has 8 heteroatoms. The summed E-state index contributed by atoms with van der Waals surface area (Å²) in [6.07, 6.45) is 2.04. The number of halogens is 1. The van der Waals surface area contributed by atoms with E-state index < -0.39 is 0 Å². The molecule has 1 aliphatic heterocycles. The summed E-state index contributed by atoms with van der Waals surface area (Å²) < 4.78 is 4.38. The Balaban J connectivity index is 0.00000288. The van der Waals surface area contributed by atoms with Gasteiger partial charge < -0.3 is 15.1 Å². The van der Waals surface area contributed by atoms with Gasteiger partial charge in [-0.05, 0) is 11.8 Å². The molecule has 2 rings (SSSR count). The van der Waals surface area contributed by atoms with Gasteiger partial charge in [-0.3, -0.25) is 4.99 Å². The van der Waals surface area contributed by atoms with Crippen LogP contribution in [0.3, 0.4) is 0 Å². The average Bonchev–Trinajstić information content (AvgIpc) is 3.00.